The van der Waals surface area contributed by atoms with E-state index < -0.39 is 6.04 Å². The van der Waals surface area contributed by atoms with E-state index in [4.69, 9.17) is 4.74 Å². The zero-order valence-corrected chi connectivity index (χ0v) is 14.4. The minimum absolute atomic E-state index is 0. The maximum atomic E-state index is 13.9. The summed E-state index contributed by atoms with van der Waals surface area (Å²) in [4.78, 5) is 12.1. The summed E-state index contributed by atoms with van der Waals surface area (Å²) < 4.78 is 19.1. The standard InChI is InChI=1S/C15H21FN2O2S.ClH/c1-10(15-12(16)4-3-5-13(15)20-2)18-14(19)8-11-9-21-7-6-17-11;/h3-5,10-11,17H,6-9H2,1-2H3,(H,18,19);1H. The molecule has 0 spiro atoms. The third kappa shape index (κ3) is 5.04. The lowest BCUT2D eigenvalue weighted by Gasteiger charge is -2.24. The number of hydrogen-bond donors (Lipinski definition) is 2. The smallest absolute Gasteiger partial charge is 0.222 e. The molecule has 1 saturated heterocycles. The van der Waals surface area contributed by atoms with Crippen LogP contribution in [0.2, 0.25) is 0 Å². The van der Waals surface area contributed by atoms with E-state index in [9.17, 15) is 9.18 Å². The predicted octanol–water partition coefficient (Wildman–Crippen LogP) is 2.53. The molecule has 1 aliphatic heterocycles. The summed E-state index contributed by atoms with van der Waals surface area (Å²) in [6.45, 7) is 2.70. The molecule has 1 amide bonds. The van der Waals surface area contributed by atoms with Crippen LogP contribution in [0.15, 0.2) is 18.2 Å². The zero-order chi connectivity index (χ0) is 15.2. The molecule has 22 heavy (non-hydrogen) atoms. The highest BCUT2D eigenvalue weighted by Gasteiger charge is 2.21. The van der Waals surface area contributed by atoms with Crippen molar-refractivity contribution in [3.05, 3.63) is 29.6 Å². The Bertz CT molecular complexity index is 498. The van der Waals surface area contributed by atoms with Gasteiger partial charge in [-0.25, -0.2) is 4.39 Å². The molecule has 0 bridgehead atoms. The largest absolute Gasteiger partial charge is 0.496 e. The number of carbonyl (C=O) groups is 1. The first-order valence-corrected chi connectivity index (χ1v) is 8.20. The van der Waals surface area contributed by atoms with Gasteiger partial charge >= 0.3 is 0 Å². The average molecular weight is 349 g/mol. The first-order valence-electron chi connectivity index (χ1n) is 7.04. The molecule has 0 radical (unpaired) electrons. The van der Waals surface area contributed by atoms with E-state index in [1.807, 2.05) is 11.8 Å². The van der Waals surface area contributed by atoms with Gasteiger partial charge in [0, 0.05) is 30.5 Å². The first-order chi connectivity index (χ1) is 10.1. The molecule has 0 aromatic heterocycles. The number of amides is 1. The van der Waals surface area contributed by atoms with Crippen molar-refractivity contribution in [3.63, 3.8) is 0 Å². The number of thioether (sulfide) groups is 1. The van der Waals surface area contributed by atoms with E-state index in [0.29, 0.717) is 17.7 Å². The third-order valence-electron chi connectivity index (χ3n) is 3.47. The number of halogens is 2. The van der Waals surface area contributed by atoms with Gasteiger partial charge in [-0.3, -0.25) is 4.79 Å². The average Bonchev–Trinajstić information content (AvgIpc) is 2.47. The molecule has 1 heterocycles. The molecule has 1 aromatic rings. The van der Waals surface area contributed by atoms with Gasteiger partial charge in [-0.2, -0.15) is 11.8 Å². The summed E-state index contributed by atoms with van der Waals surface area (Å²) in [5.74, 6) is 2.03. The number of rotatable bonds is 5. The molecule has 0 saturated carbocycles. The van der Waals surface area contributed by atoms with Crippen LogP contribution in [0, 0.1) is 5.82 Å². The summed E-state index contributed by atoms with van der Waals surface area (Å²) in [6, 6.07) is 4.43. The van der Waals surface area contributed by atoms with Gasteiger partial charge < -0.3 is 15.4 Å². The van der Waals surface area contributed by atoms with E-state index in [-0.39, 0.29) is 30.2 Å². The quantitative estimate of drug-likeness (QED) is 0.858. The summed E-state index contributed by atoms with van der Waals surface area (Å²) in [7, 11) is 1.50. The fourth-order valence-electron chi connectivity index (χ4n) is 2.46. The maximum absolute atomic E-state index is 13.9. The first kappa shape index (κ1) is 19.1. The highest BCUT2D eigenvalue weighted by molar-refractivity contribution is 7.99. The number of carbonyl (C=O) groups excluding carboxylic acids is 1. The molecule has 1 fully saturated rings. The van der Waals surface area contributed by atoms with E-state index in [1.54, 1.807) is 19.1 Å². The summed E-state index contributed by atoms with van der Waals surface area (Å²) in [5, 5.41) is 6.17. The molecule has 1 aromatic carbocycles. The van der Waals surface area contributed by atoms with E-state index in [0.717, 1.165) is 18.1 Å². The Morgan fingerprint density at radius 3 is 3.00 bits per heavy atom. The van der Waals surface area contributed by atoms with Crippen molar-refractivity contribution in [2.75, 3.05) is 25.2 Å². The monoisotopic (exact) mass is 348 g/mol. The van der Waals surface area contributed by atoms with Gasteiger partial charge in [-0.05, 0) is 19.1 Å². The molecule has 4 nitrogen and oxygen atoms in total. The maximum Gasteiger partial charge on any atom is 0.222 e. The molecular weight excluding hydrogens is 327 g/mol. The van der Waals surface area contributed by atoms with E-state index in [1.165, 1.54) is 13.2 Å². The molecule has 0 aliphatic carbocycles. The normalized spacial score (nSPS) is 19.0. The third-order valence-corrected chi connectivity index (χ3v) is 4.60. The van der Waals surface area contributed by atoms with Crippen LogP contribution in [0.25, 0.3) is 0 Å². The Hall–Kier alpha value is -0.980. The van der Waals surface area contributed by atoms with Crippen molar-refractivity contribution in [2.45, 2.75) is 25.4 Å². The molecule has 7 heteroatoms. The van der Waals surface area contributed by atoms with Crippen molar-refractivity contribution in [3.8, 4) is 5.75 Å². The van der Waals surface area contributed by atoms with Crippen molar-refractivity contribution in [1.82, 2.24) is 10.6 Å². The molecule has 2 N–H and O–H groups in total. The molecule has 2 unspecified atom stereocenters. The molecule has 2 rings (SSSR count). The molecule has 2 atom stereocenters. The van der Waals surface area contributed by atoms with Crippen molar-refractivity contribution in [1.29, 1.82) is 0 Å². The SMILES string of the molecule is COc1cccc(F)c1C(C)NC(=O)CC1CSCCN1.Cl. The summed E-state index contributed by atoms with van der Waals surface area (Å²) >= 11 is 1.85. The number of benzene rings is 1. The number of nitrogens with one attached hydrogen (secondary N) is 2. The van der Waals surface area contributed by atoms with Crippen LogP contribution in [0.1, 0.15) is 24.9 Å². The van der Waals surface area contributed by atoms with Gasteiger partial charge in [0.25, 0.3) is 0 Å². The highest BCUT2D eigenvalue weighted by Crippen LogP contribution is 2.27. The van der Waals surface area contributed by atoms with Crippen LogP contribution in [0.4, 0.5) is 4.39 Å². The lowest BCUT2D eigenvalue weighted by molar-refractivity contribution is -0.122. The topological polar surface area (TPSA) is 50.4 Å². The fourth-order valence-corrected chi connectivity index (χ4v) is 3.41. The van der Waals surface area contributed by atoms with Crippen LogP contribution in [0.3, 0.4) is 0 Å². The van der Waals surface area contributed by atoms with Gasteiger partial charge in [0.2, 0.25) is 5.91 Å². The number of ether oxygens (including phenoxy) is 1. The van der Waals surface area contributed by atoms with Gasteiger partial charge in [-0.15, -0.1) is 12.4 Å². The van der Waals surface area contributed by atoms with Crippen LogP contribution in [-0.2, 0) is 4.79 Å². The Morgan fingerprint density at radius 2 is 2.36 bits per heavy atom. The zero-order valence-electron chi connectivity index (χ0n) is 12.7. The predicted molar refractivity (Wildman–Crippen MR) is 90.5 cm³/mol. The Kier molecular flexibility index (Phi) is 8.00. The minimum atomic E-state index is -0.426. The van der Waals surface area contributed by atoms with E-state index in [2.05, 4.69) is 10.6 Å². The summed E-state index contributed by atoms with van der Waals surface area (Å²) in [6.07, 6.45) is 0.411. The van der Waals surface area contributed by atoms with Crippen LogP contribution >= 0.6 is 24.2 Å². The lowest BCUT2D eigenvalue weighted by atomic mass is 10.1. The number of hydrogen-bond acceptors (Lipinski definition) is 4. The van der Waals surface area contributed by atoms with Crippen molar-refractivity contribution in [2.24, 2.45) is 0 Å². The van der Waals surface area contributed by atoms with Crippen LogP contribution in [0.5, 0.6) is 5.75 Å². The van der Waals surface area contributed by atoms with Crippen LogP contribution in [-0.4, -0.2) is 37.1 Å². The van der Waals surface area contributed by atoms with Crippen molar-refractivity contribution >= 4 is 30.1 Å². The minimum Gasteiger partial charge on any atom is -0.496 e. The molecule has 1 aliphatic rings. The summed E-state index contributed by atoms with van der Waals surface area (Å²) in [5.41, 5.74) is 0.388. The van der Waals surface area contributed by atoms with Gasteiger partial charge in [-0.1, -0.05) is 6.07 Å². The Labute approximate surface area is 141 Å². The second-order valence-corrected chi connectivity index (χ2v) is 6.22. The fraction of sp³-hybridized carbons (Fsp3) is 0.533. The van der Waals surface area contributed by atoms with Gasteiger partial charge in [0.15, 0.2) is 0 Å². The second kappa shape index (κ2) is 9.22. The Balaban J connectivity index is 0.00000242. The molecule has 124 valence electrons. The van der Waals surface area contributed by atoms with Crippen LogP contribution < -0.4 is 15.4 Å². The molecular formula is C15H22ClFN2O2S. The number of methoxy groups -OCH3 is 1. The van der Waals surface area contributed by atoms with E-state index >= 15 is 0 Å². The van der Waals surface area contributed by atoms with Gasteiger partial charge in [0.05, 0.1) is 18.7 Å². The highest BCUT2D eigenvalue weighted by atomic mass is 35.5. The Morgan fingerprint density at radius 1 is 1.59 bits per heavy atom. The second-order valence-electron chi connectivity index (χ2n) is 5.08. The van der Waals surface area contributed by atoms with Crippen molar-refractivity contribution < 1.29 is 13.9 Å². The lowest BCUT2D eigenvalue weighted by Crippen LogP contribution is -2.41. The van der Waals surface area contributed by atoms with Gasteiger partial charge in [0.1, 0.15) is 11.6 Å².